The number of carbonyl (C=O) groups is 1. The summed E-state index contributed by atoms with van der Waals surface area (Å²) in [5.74, 6) is -0.747. The van der Waals surface area contributed by atoms with Gasteiger partial charge in [-0.1, -0.05) is 26.8 Å². The van der Waals surface area contributed by atoms with Crippen LogP contribution in [0.3, 0.4) is 0 Å². The van der Waals surface area contributed by atoms with E-state index in [1.165, 1.54) is 0 Å². The zero-order chi connectivity index (χ0) is 10.7. The molecule has 0 aliphatic carbocycles. The van der Waals surface area contributed by atoms with Gasteiger partial charge in [0.05, 0.1) is 0 Å². The van der Waals surface area contributed by atoms with Gasteiger partial charge in [-0.25, -0.2) is 9.78 Å². The van der Waals surface area contributed by atoms with Gasteiger partial charge in [0.25, 0.3) is 0 Å². The van der Waals surface area contributed by atoms with E-state index in [0.29, 0.717) is 0 Å². The summed E-state index contributed by atoms with van der Waals surface area (Å²) in [7, 11) is 0. The summed E-state index contributed by atoms with van der Waals surface area (Å²) in [6, 6.07) is 3.75. The molecule has 1 aromatic heterocycles. The molecule has 14 heavy (non-hydrogen) atoms. The van der Waals surface area contributed by atoms with Crippen molar-refractivity contribution in [1.29, 1.82) is 0 Å². The quantitative estimate of drug-likeness (QED) is 0.802. The van der Waals surface area contributed by atoms with E-state index in [1.807, 2.05) is 32.9 Å². The Morgan fingerprint density at radius 2 is 2.14 bits per heavy atom. The minimum absolute atomic E-state index is 0.194. The van der Waals surface area contributed by atoms with E-state index in [1.54, 1.807) is 0 Å². The van der Waals surface area contributed by atoms with Gasteiger partial charge in [0, 0.05) is 5.69 Å². The first-order chi connectivity index (χ1) is 6.56. The van der Waals surface area contributed by atoms with Crippen molar-refractivity contribution in [3.05, 3.63) is 29.1 Å². The molecule has 0 fully saturated rings. The Morgan fingerprint density at radius 1 is 1.50 bits per heavy atom. The summed E-state index contributed by atoms with van der Waals surface area (Å²) in [5, 5.41) is 8.97. The van der Waals surface area contributed by atoms with Crippen LogP contribution in [0.1, 0.15) is 48.4 Å². The summed E-state index contributed by atoms with van der Waals surface area (Å²) < 4.78 is 0. The molecule has 0 saturated heterocycles. The zero-order valence-electron chi connectivity index (χ0n) is 8.74. The molecule has 0 aliphatic rings. The van der Waals surface area contributed by atoms with Crippen molar-refractivity contribution >= 4 is 5.97 Å². The predicted molar refractivity (Wildman–Crippen MR) is 54.7 cm³/mol. The molecule has 0 unspecified atom stereocenters. The molecule has 0 spiro atoms. The molecule has 76 valence electrons. The number of carboxylic acid groups (broad SMARTS) is 1. The van der Waals surface area contributed by atoms with Crippen LogP contribution >= 0.6 is 0 Å². The molecule has 0 aromatic carbocycles. The highest BCUT2D eigenvalue weighted by Crippen LogP contribution is 2.18. The minimum atomic E-state index is -0.941. The fourth-order valence-electron chi connectivity index (χ4n) is 1.34. The van der Waals surface area contributed by atoms with Crippen LogP contribution in [0.4, 0.5) is 0 Å². The van der Waals surface area contributed by atoms with Crippen LogP contribution in [0.5, 0.6) is 0 Å². The molecule has 0 bridgehead atoms. The van der Waals surface area contributed by atoms with Crippen LogP contribution in [0.2, 0.25) is 0 Å². The van der Waals surface area contributed by atoms with E-state index in [0.717, 1.165) is 17.7 Å². The summed E-state index contributed by atoms with van der Waals surface area (Å²) in [6.45, 7) is 5.90. The van der Waals surface area contributed by atoms with E-state index in [-0.39, 0.29) is 11.6 Å². The number of aromatic carboxylic acids is 1. The third kappa shape index (κ3) is 2.10. The Hall–Kier alpha value is -1.38. The number of pyridine rings is 1. The standard InChI is InChI=1S/C11H15NO2/c1-4-8-5-6-9(7(2)3)10(12-8)11(13)14/h5-7H,4H2,1-3H3,(H,13,14). The molecule has 0 amide bonds. The molecular formula is C11H15NO2. The Bertz CT molecular complexity index is 345. The van der Waals surface area contributed by atoms with Gasteiger partial charge >= 0.3 is 5.97 Å². The molecule has 1 heterocycles. The molecule has 1 aromatic rings. The Balaban J connectivity index is 3.24. The first-order valence-corrected chi connectivity index (χ1v) is 4.79. The van der Waals surface area contributed by atoms with Gasteiger partial charge in [0.1, 0.15) is 0 Å². The van der Waals surface area contributed by atoms with Crippen molar-refractivity contribution in [1.82, 2.24) is 4.98 Å². The molecule has 1 rings (SSSR count). The van der Waals surface area contributed by atoms with Gasteiger partial charge < -0.3 is 5.11 Å². The number of nitrogens with zero attached hydrogens (tertiary/aromatic N) is 1. The SMILES string of the molecule is CCc1ccc(C(C)C)c(C(=O)O)n1. The monoisotopic (exact) mass is 193 g/mol. The lowest BCUT2D eigenvalue weighted by Gasteiger charge is -2.09. The third-order valence-corrected chi connectivity index (χ3v) is 2.17. The van der Waals surface area contributed by atoms with Crippen LogP contribution in [0, 0.1) is 0 Å². The molecule has 0 saturated carbocycles. The zero-order valence-corrected chi connectivity index (χ0v) is 8.74. The van der Waals surface area contributed by atoms with Crippen molar-refractivity contribution in [2.45, 2.75) is 33.1 Å². The normalized spacial score (nSPS) is 10.6. The number of hydrogen-bond donors (Lipinski definition) is 1. The Labute approximate surface area is 83.8 Å². The van der Waals surface area contributed by atoms with Crippen molar-refractivity contribution in [3.8, 4) is 0 Å². The summed E-state index contributed by atoms with van der Waals surface area (Å²) in [5.41, 5.74) is 1.82. The van der Waals surface area contributed by atoms with Crippen LogP contribution in [-0.4, -0.2) is 16.1 Å². The van der Waals surface area contributed by atoms with Gasteiger partial charge in [-0.2, -0.15) is 0 Å². The largest absolute Gasteiger partial charge is 0.477 e. The van der Waals surface area contributed by atoms with E-state index >= 15 is 0 Å². The van der Waals surface area contributed by atoms with Gasteiger partial charge in [-0.05, 0) is 24.0 Å². The molecule has 3 nitrogen and oxygen atoms in total. The molecule has 0 atom stereocenters. The van der Waals surface area contributed by atoms with Crippen LogP contribution in [0.25, 0.3) is 0 Å². The average molecular weight is 193 g/mol. The molecule has 0 aliphatic heterocycles. The van der Waals surface area contributed by atoms with Crippen molar-refractivity contribution in [2.75, 3.05) is 0 Å². The minimum Gasteiger partial charge on any atom is -0.477 e. The fourth-order valence-corrected chi connectivity index (χ4v) is 1.34. The van der Waals surface area contributed by atoms with Gasteiger partial charge in [-0.15, -0.1) is 0 Å². The van der Waals surface area contributed by atoms with Crippen molar-refractivity contribution in [2.24, 2.45) is 0 Å². The molecule has 0 radical (unpaired) electrons. The maximum absolute atomic E-state index is 10.9. The Kier molecular flexibility index (Phi) is 3.23. The smallest absolute Gasteiger partial charge is 0.354 e. The molecule has 1 N–H and O–H groups in total. The van der Waals surface area contributed by atoms with E-state index in [9.17, 15) is 4.79 Å². The summed E-state index contributed by atoms with van der Waals surface area (Å²) >= 11 is 0. The topological polar surface area (TPSA) is 50.2 Å². The third-order valence-electron chi connectivity index (χ3n) is 2.17. The van der Waals surface area contributed by atoms with Gasteiger partial charge in [-0.3, -0.25) is 0 Å². The highest BCUT2D eigenvalue weighted by atomic mass is 16.4. The summed E-state index contributed by atoms with van der Waals surface area (Å²) in [6.07, 6.45) is 0.763. The number of aryl methyl sites for hydroxylation is 1. The highest BCUT2D eigenvalue weighted by molar-refractivity contribution is 5.87. The maximum Gasteiger partial charge on any atom is 0.354 e. The molecular weight excluding hydrogens is 178 g/mol. The van der Waals surface area contributed by atoms with E-state index < -0.39 is 5.97 Å². The first kappa shape index (κ1) is 10.7. The second-order valence-electron chi connectivity index (χ2n) is 3.55. The van der Waals surface area contributed by atoms with E-state index in [2.05, 4.69) is 4.98 Å². The van der Waals surface area contributed by atoms with Crippen molar-refractivity contribution in [3.63, 3.8) is 0 Å². The number of aromatic nitrogens is 1. The second-order valence-corrected chi connectivity index (χ2v) is 3.55. The second kappa shape index (κ2) is 4.22. The predicted octanol–water partition coefficient (Wildman–Crippen LogP) is 2.47. The lowest BCUT2D eigenvalue weighted by atomic mass is 10.0. The first-order valence-electron chi connectivity index (χ1n) is 4.79. The molecule has 3 heteroatoms. The lowest BCUT2D eigenvalue weighted by molar-refractivity contribution is 0.0688. The average Bonchev–Trinajstić information content (AvgIpc) is 2.16. The Morgan fingerprint density at radius 3 is 2.57 bits per heavy atom. The number of carboxylic acids is 1. The van der Waals surface area contributed by atoms with Crippen molar-refractivity contribution < 1.29 is 9.90 Å². The van der Waals surface area contributed by atoms with Crippen LogP contribution in [-0.2, 0) is 6.42 Å². The number of rotatable bonds is 3. The van der Waals surface area contributed by atoms with Crippen LogP contribution in [0.15, 0.2) is 12.1 Å². The summed E-state index contributed by atoms with van der Waals surface area (Å²) in [4.78, 5) is 15.0. The van der Waals surface area contributed by atoms with Crippen LogP contribution < -0.4 is 0 Å². The van der Waals surface area contributed by atoms with Gasteiger partial charge in [0.2, 0.25) is 0 Å². The lowest BCUT2D eigenvalue weighted by Crippen LogP contribution is -2.08. The van der Waals surface area contributed by atoms with Gasteiger partial charge in [0.15, 0.2) is 5.69 Å². The highest BCUT2D eigenvalue weighted by Gasteiger charge is 2.14. The van der Waals surface area contributed by atoms with E-state index in [4.69, 9.17) is 5.11 Å². The fraction of sp³-hybridized carbons (Fsp3) is 0.455. The number of hydrogen-bond acceptors (Lipinski definition) is 2. The maximum atomic E-state index is 10.9.